The molecule has 0 aliphatic rings. The summed E-state index contributed by atoms with van der Waals surface area (Å²) in [5.41, 5.74) is 2.06. The minimum Gasteiger partial charge on any atom is -0.390 e. The fraction of sp³-hybridized carbons (Fsp3) is 0.583. The van der Waals surface area contributed by atoms with Gasteiger partial charge in [0, 0.05) is 6.20 Å². The van der Waals surface area contributed by atoms with E-state index in [1.807, 2.05) is 32.2 Å². The molecule has 1 heterocycles. The predicted molar refractivity (Wildman–Crippen MR) is 60.2 cm³/mol. The summed E-state index contributed by atoms with van der Waals surface area (Å²) in [6.45, 7) is 10.4. The minimum atomic E-state index is 0.0183. The summed E-state index contributed by atoms with van der Waals surface area (Å²) in [5.74, 6) is 0. The fourth-order valence-corrected chi connectivity index (χ4v) is 0.962. The zero-order valence-electron chi connectivity index (χ0n) is 9.83. The monoisotopic (exact) mass is 195 g/mol. The van der Waals surface area contributed by atoms with Crippen LogP contribution in [0.2, 0.25) is 0 Å². The third-order valence-electron chi connectivity index (χ3n) is 1.85. The number of nitrogens with zero attached hydrogens (tertiary/aromatic N) is 1. The minimum absolute atomic E-state index is 0.0183. The number of aliphatic hydroxyl groups is 1. The molecule has 2 heteroatoms. The summed E-state index contributed by atoms with van der Waals surface area (Å²) >= 11 is 0. The van der Waals surface area contributed by atoms with Crippen molar-refractivity contribution in [2.45, 2.75) is 46.6 Å². The molecule has 2 nitrogen and oxygen atoms in total. The van der Waals surface area contributed by atoms with Crippen LogP contribution in [0.5, 0.6) is 0 Å². The van der Waals surface area contributed by atoms with Gasteiger partial charge in [-0.15, -0.1) is 0 Å². The molecule has 0 amide bonds. The summed E-state index contributed by atoms with van der Waals surface area (Å²) in [4.78, 5) is 4.11. The molecule has 0 saturated heterocycles. The molecule has 0 atom stereocenters. The van der Waals surface area contributed by atoms with Crippen molar-refractivity contribution >= 4 is 0 Å². The number of aliphatic hydroxyl groups excluding tert-OH is 1. The Labute approximate surface area is 87.0 Å². The molecule has 1 rings (SSSR count). The Hall–Kier alpha value is -0.890. The lowest BCUT2D eigenvalue weighted by Crippen LogP contribution is -2.11. The summed E-state index contributed by atoms with van der Waals surface area (Å²) in [5, 5.41) is 8.77. The Morgan fingerprint density at radius 3 is 2.07 bits per heavy atom. The number of hydrogen-bond donors (Lipinski definition) is 1. The van der Waals surface area contributed by atoms with Crippen LogP contribution in [0.25, 0.3) is 0 Å². The molecule has 0 spiro atoms. The second kappa shape index (κ2) is 5.76. The smallest absolute Gasteiger partial charge is 0.0852 e. The number of pyridine rings is 1. The van der Waals surface area contributed by atoms with Gasteiger partial charge in [-0.2, -0.15) is 0 Å². The van der Waals surface area contributed by atoms with Crippen LogP contribution in [0.4, 0.5) is 0 Å². The maximum absolute atomic E-state index is 8.77. The molecule has 80 valence electrons. The lowest BCUT2D eigenvalue weighted by Gasteiger charge is -2.18. The highest BCUT2D eigenvalue weighted by atomic mass is 16.3. The van der Waals surface area contributed by atoms with Crippen molar-refractivity contribution in [2.75, 3.05) is 0 Å². The van der Waals surface area contributed by atoms with E-state index in [1.54, 1.807) is 0 Å². The molecule has 0 aliphatic heterocycles. The van der Waals surface area contributed by atoms with E-state index in [1.165, 1.54) is 5.56 Å². The van der Waals surface area contributed by atoms with E-state index in [0.717, 1.165) is 5.69 Å². The summed E-state index contributed by atoms with van der Waals surface area (Å²) < 4.78 is 0. The fourth-order valence-electron chi connectivity index (χ4n) is 0.962. The first-order chi connectivity index (χ1) is 6.54. The molecule has 0 aliphatic carbocycles. The van der Waals surface area contributed by atoms with Gasteiger partial charge >= 0.3 is 0 Å². The lowest BCUT2D eigenvalue weighted by molar-refractivity contribution is 0.276. The van der Waals surface area contributed by atoms with Crippen LogP contribution in [-0.4, -0.2) is 10.1 Å². The molecule has 0 aromatic carbocycles. The van der Waals surface area contributed by atoms with Crippen molar-refractivity contribution in [1.82, 2.24) is 4.98 Å². The van der Waals surface area contributed by atoms with E-state index in [0.29, 0.717) is 0 Å². The molecule has 0 radical (unpaired) electrons. The first-order valence-electron chi connectivity index (χ1n) is 5.10. The van der Waals surface area contributed by atoms with E-state index in [4.69, 9.17) is 5.11 Å². The van der Waals surface area contributed by atoms with Crippen LogP contribution in [0.3, 0.4) is 0 Å². The van der Waals surface area contributed by atoms with E-state index in [9.17, 15) is 0 Å². The van der Waals surface area contributed by atoms with Crippen LogP contribution in [0, 0.1) is 0 Å². The van der Waals surface area contributed by atoms with Crippen molar-refractivity contribution in [2.24, 2.45) is 0 Å². The topological polar surface area (TPSA) is 33.1 Å². The van der Waals surface area contributed by atoms with Gasteiger partial charge in [-0.1, -0.05) is 40.7 Å². The maximum atomic E-state index is 8.77. The largest absolute Gasteiger partial charge is 0.390 e. The quantitative estimate of drug-likeness (QED) is 0.747. The van der Waals surface area contributed by atoms with Gasteiger partial charge in [-0.05, 0) is 17.0 Å². The Morgan fingerprint density at radius 1 is 1.21 bits per heavy atom. The van der Waals surface area contributed by atoms with Gasteiger partial charge in [-0.3, -0.25) is 4.98 Å². The third kappa shape index (κ3) is 3.88. The Balaban J connectivity index is 0.000000791. The Kier molecular flexibility index (Phi) is 5.39. The highest BCUT2D eigenvalue weighted by Crippen LogP contribution is 2.20. The normalized spacial score (nSPS) is 10.4. The van der Waals surface area contributed by atoms with E-state index >= 15 is 0 Å². The summed E-state index contributed by atoms with van der Waals surface area (Å²) in [7, 11) is 0. The first-order valence-corrected chi connectivity index (χ1v) is 5.10. The van der Waals surface area contributed by atoms with Gasteiger partial charge in [0.15, 0.2) is 0 Å². The molecule has 0 saturated carbocycles. The van der Waals surface area contributed by atoms with Gasteiger partial charge in [0.05, 0.1) is 12.3 Å². The van der Waals surface area contributed by atoms with E-state index < -0.39 is 0 Å². The standard InChI is InChI=1S/C10H15NO.C2H6/c1-10(2,3)8-4-5-9(7-12)11-6-8;1-2/h4-6,12H,7H2,1-3H3;1-2H3. The Bertz CT molecular complexity index is 246. The van der Waals surface area contributed by atoms with Crippen molar-refractivity contribution in [3.8, 4) is 0 Å². The van der Waals surface area contributed by atoms with Crippen LogP contribution in [0.1, 0.15) is 45.9 Å². The van der Waals surface area contributed by atoms with Crippen molar-refractivity contribution in [1.29, 1.82) is 0 Å². The van der Waals surface area contributed by atoms with Gasteiger partial charge in [0.2, 0.25) is 0 Å². The molecule has 0 bridgehead atoms. The lowest BCUT2D eigenvalue weighted by atomic mass is 9.88. The second-order valence-electron chi connectivity index (χ2n) is 3.95. The molecule has 1 N–H and O–H groups in total. The number of hydrogen-bond acceptors (Lipinski definition) is 2. The van der Waals surface area contributed by atoms with Gasteiger partial charge in [0.1, 0.15) is 0 Å². The molecular formula is C12H21NO. The average Bonchev–Trinajstić information content (AvgIpc) is 2.20. The van der Waals surface area contributed by atoms with E-state index in [2.05, 4.69) is 25.8 Å². The van der Waals surface area contributed by atoms with Crippen LogP contribution in [0.15, 0.2) is 18.3 Å². The second-order valence-corrected chi connectivity index (χ2v) is 3.95. The first kappa shape index (κ1) is 13.1. The van der Waals surface area contributed by atoms with Crippen LogP contribution < -0.4 is 0 Å². The van der Waals surface area contributed by atoms with E-state index in [-0.39, 0.29) is 12.0 Å². The molecule has 1 aromatic rings. The highest BCUT2D eigenvalue weighted by Gasteiger charge is 2.13. The number of aromatic nitrogens is 1. The third-order valence-corrected chi connectivity index (χ3v) is 1.85. The maximum Gasteiger partial charge on any atom is 0.0852 e. The molecular weight excluding hydrogens is 174 g/mol. The van der Waals surface area contributed by atoms with Gasteiger partial charge in [-0.25, -0.2) is 0 Å². The average molecular weight is 195 g/mol. The zero-order valence-corrected chi connectivity index (χ0v) is 9.83. The molecule has 14 heavy (non-hydrogen) atoms. The SMILES string of the molecule is CC.CC(C)(C)c1ccc(CO)nc1. The van der Waals surface area contributed by atoms with Crippen molar-refractivity contribution < 1.29 is 5.11 Å². The van der Waals surface area contributed by atoms with Crippen LogP contribution >= 0.6 is 0 Å². The highest BCUT2D eigenvalue weighted by molar-refractivity contribution is 5.20. The molecule has 0 fully saturated rings. The van der Waals surface area contributed by atoms with Gasteiger partial charge in [0.25, 0.3) is 0 Å². The van der Waals surface area contributed by atoms with Crippen molar-refractivity contribution in [3.05, 3.63) is 29.6 Å². The van der Waals surface area contributed by atoms with Crippen LogP contribution in [-0.2, 0) is 12.0 Å². The molecule has 0 unspecified atom stereocenters. The predicted octanol–water partition coefficient (Wildman–Crippen LogP) is 2.90. The van der Waals surface area contributed by atoms with Gasteiger partial charge < -0.3 is 5.11 Å². The number of rotatable bonds is 1. The zero-order chi connectivity index (χ0) is 11.2. The Morgan fingerprint density at radius 2 is 1.79 bits per heavy atom. The molecule has 1 aromatic heterocycles. The summed E-state index contributed by atoms with van der Waals surface area (Å²) in [6, 6.07) is 3.87. The van der Waals surface area contributed by atoms with Crippen molar-refractivity contribution in [3.63, 3.8) is 0 Å². The summed E-state index contributed by atoms with van der Waals surface area (Å²) in [6.07, 6.45) is 1.82.